The van der Waals surface area contributed by atoms with Gasteiger partial charge in [0.15, 0.2) is 0 Å². The van der Waals surface area contributed by atoms with E-state index < -0.39 is 0 Å². The lowest BCUT2D eigenvalue weighted by Gasteiger charge is -2.17. The molecule has 3 nitrogen and oxygen atoms in total. The molecule has 3 unspecified atom stereocenters. The Morgan fingerprint density at radius 2 is 1.95 bits per heavy atom. The van der Waals surface area contributed by atoms with Crippen molar-refractivity contribution in [2.24, 2.45) is 17.8 Å². The lowest BCUT2D eigenvalue weighted by molar-refractivity contribution is -0.137. The number of esters is 1. The van der Waals surface area contributed by atoms with E-state index in [-0.39, 0.29) is 5.97 Å². The lowest BCUT2D eigenvalue weighted by Crippen LogP contribution is -2.14. The summed E-state index contributed by atoms with van der Waals surface area (Å²) in [6.45, 7) is 5.66. The zero-order valence-electron chi connectivity index (χ0n) is 12.3. The number of unbranched alkanes of at least 4 members (excludes halogenated alkanes) is 3. The second-order valence-electron chi connectivity index (χ2n) is 5.90. The Morgan fingerprint density at radius 3 is 2.60 bits per heavy atom. The molecule has 20 heavy (non-hydrogen) atoms. The molecular formula is C17H26O3. The summed E-state index contributed by atoms with van der Waals surface area (Å²) < 4.78 is 10.7. The van der Waals surface area contributed by atoms with E-state index in [1.165, 1.54) is 18.9 Å². The normalized spacial score (nSPS) is 26.9. The van der Waals surface area contributed by atoms with Gasteiger partial charge in [0.05, 0.1) is 6.61 Å². The van der Waals surface area contributed by atoms with Crippen LogP contribution in [-0.4, -0.2) is 25.8 Å². The largest absolute Gasteiger partial charge is 0.463 e. The molecule has 0 amide bonds. The maximum Gasteiger partial charge on any atom is 0.330 e. The molecule has 0 aromatic carbocycles. The SMILES string of the molecule is C=CC(=O)OCCCCCCOCC1CC2C=CC1C2. The fourth-order valence-corrected chi connectivity index (χ4v) is 3.21. The van der Waals surface area contributed by atoms with Crippen LogP contribution in [-0.2, 0) is 14.3 Å². The Labute approximate surface area is 122 Å². The molecule has 1 fully saturated rings. The van der Waals surface area contributed by atoms with Crippen LogP contribution in [0.15, 0.2) is 24.8 Å². The van der Waals surface area contributed by atoms with Gasteiger partial charge >= 0.3 is 5.97 Å². The maximum absolute atomic E-state index is 10.8. The summed E-state index contributed by atoms with van der Waals surface area (Å²) in [5, 5.41) is 0. The van der Waals surface area contributed by atoms with Crippen molar-refractivity contribution >= 4 is 5.97 Å². The van der Waals surface area contributed by atoms with Gasteiger partial charge in [0.25, 0.3) is 0 Å². The van der Waals surface area contributed by atoms with Crippen molar-refractivity contribution in [1.82, 2.24) is 0 Å². The van der Waals surface area contributed by atoms with Crippen LogP contribution in [0, 0.1) is 17.8 Å². The number of carbonyl (C=O) groups excluding carboxylic acids is 1. The first-order valence-corrected chi connectivity index (χ1v) is 7.85. The summed E-state index contributed by atoms with van der Waals surface area (Å²) in [7, 11) is 0. The number of hydrogen-bond acceptors (Lipinski definition) is 3. The molecule has 2 bridgehead atoms. The van der Waals surface area contributed by atoms with E-state index in [9.17, 15) is 4.79 Å². The quantitative estimate of drug-likeness (QED) is 0.265. The van der Waals surface area contributed by atoms with E-state index in [4.69, 9.17) is 9.47 Å². The lowest BCUT2D eigenvalue weighted by atomic mass is 9.95. The monoisotopic (exact) mass is 278 g/mol. The van der Waals surface area contributed by atoms with Crippen LogP contribution in [0.3, 0.4) is 0 Å². The van der Waals surface area contributed by atoms with Gasteiger partial charge in [-0.25, -0.2) is 4.79 Å². The van der Waals surface area contributed by atoms with Gasteiger partial charge in [0.2, 0.25) is 0 Å². The molecule has 0 aliphatic heterocycles. The average molecular weight is 278 g/mol. The number of hydrogen-bond donors (Lipinski definition) is 0. The molecular weight excluding hydrogens is 252 g/mol. The van der Waals surface area contributed by atoms with E-state index >= 15 is 0 Å². The molecule has 0 aromatic rings. The fourth-order valence-electron chi connectivity index (χ4n) is 3.21. The molecule has 1 saturated carbocycles. The Hall–Kier alpha value is -1.09. The minimum atomic E-state index is -0.326. The highest BCUT2D eigenvalue weighted by Crippen LogP contribution is 2.43. The van der Waals surface area contributed by atoms with Gasteiger partial charge in [0.1, 0.15) is 0 Å². The van der Waals surface area contributed by atoms with Crippen molar-refractivity contribution in [3.05, 3.63) is 24.8 Å². The Bertz CT molecular complexity index is 348. The van der Waals surface area contributed by atoms with Gasteiger partial charge in [-0.1, -0.05) is 25.2 Å². The van der Waals surface area contributed by atoms with E-state index in [0.717, 1.165) is 56.7 Å². The van der Waals surface area contributed by atoms with Gasteiger partial charge in [-0.15, -0.1) is 0 Å². The van der Waals surface area contributed by atoms with Crippen molar-refractivity contribution in [1.29, 1.82) is 0 Å². The molecule has 2 rings (SSSR count). The molecule has 3 atom stereocenters. The highest BCUT2D eigenvalue weighted by atomic mass is 16.5. The zero-order valence-corrected chi connectivity index (χ0v) is 12.3. The van der Waals surface area contributed by atoms with E-state index in [0.29, 0.717) is 6.61 Å². The molecule has 0 heterocycles. The third-order valence-electron chi connectivity index (χ3n) is 4.34. The van der Waals surface area contributed by atoms with Gasteiger partial charge in [0, 0.05) is 19.3 Å². The highest BCUT2D eigenvalue weighted by molar-refractivity contribution is 5.81. The molecule has 3 heteroatoms. The molecule has 0 spiro atoms. The molecule has 2 aliphatic carbocycles. The summed E-state index contributed by atoms with van der Waals surface area (Å²) >= 11 is 0. The topological polar surface area (TPSA) is 35.5 Å². The average Bonchev–Trinajstić information content (AvgIpc) is 3.07. The first kappa shape index (κ1) is 15.3. The number of rotatable bonds is 10. The minimum absolute atomic E-state index is 0.326. The molecule has 0 radical (unpaired) electrons. The molecule has 0 N–H and O–H groups in total. The third kappa shape index (κ3) is 4.78. The number of carbonyl (C=O) groups is 1. The van der Waals surface area contributed by atoms with Gasteiger partial charge in [-0.05, 0) is 49.9 Å². The Morgan fingerprint density at radius 1 is 1.15 bits per heavy atom. The van der Waals surface area contributed by atoms with Crippen LogP contribution in [0.1, 0.15) is 38.5 Å². The smallest absolute Gasteiger partial charge is 0.330 e. The van der Waals surface area contributed by atoms with Crippen molar-refractivity contribution in [2.75, 3.05) is 19.8 Å². The van der Waals surface area contributed by atoms with Crippen molar-refractivity contribution in [2.45, 2.75) is 38.5 Å². The second-order valence-corrected chi connectivity index (χ2v) is 5.90. The van der Waals surface area contributed by atoms with E-state index in [1.54, 1.807) is 0 Å². The van der Waals surface area contributed by atoms with Crippen LogP contribution in [0.2, 0.25) is 0 Å². The molecule has 2 aliphatic rings. The second kappa shape index (κ2) is 8.25. The van der Waals surface area contributed by atoms with Crippen LogP contribution in [0.25, 0.3) is 0 Å². The fraction of sp³-hybridized carbons (Fsp3) is 0.706. The summed E-state index contributed by atoms with van der Waals surface area (Å²) in [4.78, 5) is 10.8. The number of ether oxygens (including phenoxy) is 2. The highest BCUT2D eigenvalue weighted by Gasteiger charge is 2.35. The maximum atomic E-state index is 10.8. The molecule has 0 saturated heterocycles. The molecule has 112 valence electrons. The van der Waals surface area contributed by atoms with Crippen LogP contribution < -0.4 is 0 Å². The summed E-state index contributed by atoms with van der Waals surface area (Å²) in [6, 6.07) is 0. The summed E-state index contributed by atoms with van der Waals surface area (Å²) in [5.41, 5.74) is 0. The predicted octanol–water partition coefficient (Wildman–Crippen LogP) is 3.50. The van der Waals surface area contributed by atoms with Crippen molar-refractivity contribution in [3.8, 4) is 0 Å². The predicted molar refractivity (Wildman–Crippen MR) is 79.3 cm³/mol. The van der Waals surface area contributed by atoms with E-state index in [2.05, 4.69) is 18.7 Å². The molecule has 0 aromatic heterocycles. The van der Waals surface area contributed by atoms with Crippen molar-refractivity contribution in [3.63, 3.8) is 0 Å². The summed E-state index contributed by atoms with van der Waals surface area (Å²) in [6.07, 6.45) is 12.9. The Balaban J connectivity index is 1.36. The zero-order chi connectivity index (χ0) is 14.2. The Kier molecular flexibility index (Phi) is 6.31. The van der Waals surface area contributed by atoms with E-state index in [1.807, 2.05) is 0 Å². The summed E-state index contributed by atoms with van der Waals surface area (Å²) in [5.74, 6) is 2.07. The number of allylic oxidation sites excluding steroid dienone is 2. The van der Waals surface area contributed by atoms with Crippen molar-refractivity contribution < 1.29 is 14.3 Å². The van der Waals surface area contributed by atoms with Gasteiger partial charge < -0.3 is 9.47 Å². The van der Waals surface area contributed by atoms with Gasteiger partial charge in [-0.3, -0.25) is 0 Å². The van der Waals surface area contributed by atoms with Crippen LogP contribution >= 0.6 is 0 Å². The standard InChI is InChI=1S/C17H26O3/c1-2-17(18)20-10-6-4-3-5-9-19-13-16-12-14-7-8-15(16)11-14/h2,7-8,14-16H,1,3-6,9-13H2. The third-order valence-corrected chi connectivity index (χ3v) is 4.34. The first-order chi connectivity index (χ1) is 9.79. The van der Waals surface area contributed by atoms with Gasteiger partial charge in [-0.2, -0.15) is 0 Å². The number of fused-ring (bicyclic) bond motifs is 2. The first-order valence-electron chi connectivity index (χ1n) is 7.85. The van der Waals surface area contributed by atoms with Crippen LogP contribution in [0.4, 0.5) is 0 Å². The van der Waals surface area contributed by atoms with Crippen LogP contribution in [0.5, 0.6) is 0 Å². The minimum Gasteiger partial charge on any atom is -0.463 e.